The number of nitriles is 1. The molecule has 2 rings (SSSR count). The molecule has 5 heteroatoms. The second-order valence-electron chi connectivity index (χ2n) is 6.04. The average molecular weight is 350 g/mol. The molecule has 0 amide bonds. The molecule has 0 saturated heterocycles. The van der Waals surface area contributed by atoms with E-state index in [1.165, 1.54) is 0 Å². The second-order valence-corrected chi connectivity index (χ2v) is 7.05. The average Bonchev–Trinajstić information content (AvgIpc) is 3.04. The van der Waals surface area contributed by atoms with Gasteiger partial charge in [-0.3, -0.25) is 4.79 Å². The topological polar surface area (TPSA) is 50.1 Å². The predicted octanol–water partition coefficient (Wildman–Crippen LogP) is 4.73. The van der Waals surface area contributed by atoms with E-state index in [0.29, 0.717) is 0 Å². The second kappa shape index (κ2) is 7.21. The van der Waals surface area contributed by atoms with Crippen molar-refractivity contribution in [1.29, 1.82) is 5.26 Å². The highest BCUT2D eigenvalue weighted by Gasteiger charge is 2.61. The Balaban J connectivity index is 2.00. The zero-order valence-corrected chi connectivity index (χ0v) is 14.4. The van der Waals surface area contributed by atoms with Crippen LogP contribution in [0.3, 0.4) is 0 Å². The summed E-state index contributed by atoms with van der Waals surface area (Å²) >= 11 is 11.3. The van der Waals surface area contributed by atoms with Gasteiger partial charge < -0.3 is 4.74 Å². The number of benzene rings is 1. The summed E-state index contributed by atoms with van der Waals surface area (Å²) in [5.41, 5.74) is 0.667. The number of halogens is 2. The van der Waals surface area contributed by atoms with Gasteiger partial charge in [0, 0.05) is 0 Å². The van der Waals surface area contributed by atoms with Crippen molar-refractivity contribution in [3.63, 3.8) is 0 Å². The molecule has 0 bridgehead atoms. The summed E-state index contributed by atoms with van der Waals surface area (Å²) in [4.78, 5) is 12.3. The molecule has 3 atom stereocenters. The molecule has 3 nitrogen and oxygen atoms in total. The van der Waals surface area contributed by atoms with Crippen LogP contribution in [0.4, 0.5) is 0 Å². The summed E-state index contributed by atoms with van der Waals surface area (Å²) in [6.07, 6.45) is 4.06. The first-order valence-electron chi connectivity index (χ1n) is 7.22. The van der Waals surface area contributed by atoms with E-state index < -0.39 is 12.1 Å². The van der Waals surface area contributed by atoms with E-state index in [-0.39, 0.29) is 21.7 Å². The van der Waals surface area contributed by atoms with Crippen LogP contribution in [0.5, 0.6) is 0 Å². The lowest BCUT2D eigenvalue weighted by Crippen LogP contribution is -2.17. The van der Waals surface area contributed by atoms with Crippen LogP contribution in [0.2, 0.25) is 0 Å². The zero-order valence-electron chi connectivity index (χ0n) is 12.9. The first-order valence-corrected chi connectivity index (χ1v) is 7.98. The Morgan fingerprint density at radius 2 is 2.00 bits per heavy atom. The molecule has 0 spiro atoms. The number of esters is 1. The molecule has 1 aromatic carbocycles. The fourth-order valence-corrected chi connectivity index (χ4v) is 2.92. The number of hydrogen-bond acceptors (Lipinski definition) is 3. The largest absolute Gasteiger partial charge is 0.442 e. The van der Waals surface area contributed by atoms with Crippen LogP contribution in [0.25, 0.3) is 6.08 Å². The van der Waals surface area contributed by atoms with Crippen LogP contribution >= 0.6 is 23.2 Å². The van der Waals surface area contributed by atoms with Gasteiger partial charge in [-0.05, 0) is 29.0 Å². The highest BCUT2D eigenvalue weighted by atomic mass is 35.5. The molecule has 3 unspecified atom stereocenters. The lowest BCUT2D eigenvalue weighted by molar-refractivity contribution is -0.147. The fraction of sp³-hybridized carbons (Fsp3) is 0.333. The van der Waals surface area contributed by atoms with Gasteiger partial charge in [-0.25, -0.2) is 0 Å². The SMILES string of the molecule is CC1(C)C(C=C(Cl)Cl)C1C(=O)OC(C#N)/C=C/c1ccccc1. The highest BCUT2D eigenvalue weighted by Crippen LogP contribution is 2.60. The molecule has 23 heavy (non-hydrogen) atoms. The third-order valence-electron chi connectivity index (χ3n) is 4.10. The number of nitrogens with zero attached hydrogens (tertiary/aromatic N) is 1. The van der Waals surface area contributed by atoms with E-state index in [4.69, 9.17) is 33.2 Å². The Morgan fingerprint density at radius 3 is 2.57 bits per heavy atom. The Labute approximate surface area is 146 Å². The molecule has 0 aromatic heterocycles. The van der Waals surface area contributed by atoms with Crippen LogP contribution in [0, 0.1) is 28.6 Å². The van der Waals surface area contributed by atoms with E-state index in [1.54, 1.807) is 18.2 Å². The molecule has 1 aliphatic carbocycles. The number of carbonyl (C=O) groups is 1. The van der Waals surface area contributed by atoms with Crippen LogP contribution < -0.4 is 0 Å². The lowest BCUT2D eigenvalue weighted by atomic mass is 10.1. The van der Waals surface area contributed by atoms with Crippen molar-refractivity contribution in [1.82, 2.24) is 0 Å². The highest BCUT2D eigenvalue weighted by molar-refractivity contribution is 6.55. The maximum absolute atomic E-state index is 12.3. The summed E-state index contributed by atoms with van der Waals surface area (Å²) in [5, 5.41) is 9.16. The van der Waals surface area contributed by atoms with Crippen LogP contribution in [0.15, 0.2) is 47.0 Å². The Hall–Kier alpha value is -1.76. The number of ether oxygens (including phenoxy) is 1. The van der Waals surface area contributed by atoms with Crippen LogP contribution in [-0.2, 0) is 9.53 Å². The number of carbonyl (C=O) groups excluding carboxylic acids is 1. The minimum Gasteiger partial charge on any atom is -0.442 e. The van der Waals surface area contributed by atoms with Crippen molar-refractivity contribution in [2.75, 3.05) is 0 Å². The van der Waals surface area contributed by atoms with Crippen molar-refractivity contribution in [3.8, 4) is 6.07 Å². The molecule has 120 valence electrons. The molecular weight excluding hydrogens is 333 g/mol. The number of rotatable bonds is 5. The minimum absolute atomic E-state index is 0.0718. The van der Waals surface area contributed by atoms with Crippen molar-refractivity contribution in [2.45, 2.75) is 20.0 Å². The summed E-state index contributed by atoms with van der Waals surface area (Å²) in [7, 11) is 0. The molecule has 1 aliphatic rings. The monoisotopic (exact) mass is 349 g/mol. The van der Waals surface area contributed by atoms with Gasteiger partial charge >= 0.3 is 5.97 Å². The molecule has 1 saturated carbocycles. The van der Waals surface area contributed by atoms with Crippen molar-refractivity contribution >= 4 is 35.2 Å². The quantitative estimate of drug-likeness (QED) is 0.722. The summed E-state index contributed by atoms with van der Waals surface area (Å²) in [6, 6.07) is 11.5. The van der Waals surface area contributed by atoms with Gasteiger partial charge in [0.25, 0.3) is 0 Å². The molecule has 0 heterocycles. The van der Waals surface area contributed by atoms with Gasteiger partial charge in [0.15, 0.2) is 0 Å². The lowest BCUT2D eigenvalue weighted by Gasteiger charge is -2.08. The Kier molecular flexibility index (Phi) is 5.51. The van der Waals surface area contributed by atoms with Gasteiger partial charge in [0.05, 0.1) is 5.92 Å². The maximum Gasteiger partial charge on any atom is 0.311 e. The van der Waals surface area contributed by atoms with Gasteiger partial charge in [0.1, 0.15) is 10.6 Å². The minimum atomic E-state index is -0.921. The summed E-state index contributed by atoms with van der Waals surface area (Å²) < 4.78 is 5.43. The summed E-state index contributed by atoms with van der Waals surface area (Å²) in [6.45, 7) is 3.88. The van der Waals surface area contributed by atoms with Crippen molar-refractivity contribution in [2.24, 2.45) is 17.3 Å². The third kappa shape index (κ3) is 4.37. The van der Waals surface area contributed by atoms with E-state index in [2.05, 4.69) is 0 Å². The summed E-state index contributed by atoms with van der Waals surface area (Å²) in [5.74, 6) is -0.816. The van der Waals surface area contributed by atoms with E-state index in [9.17, 15) is 4.79 Å². The van der Waals surface area contributed by atoms with Gasteiger partial charge in [-0.1, -0.05) is 73.5 Å². The maximum atomic E-state index is 12.3. The normalized spacial score (nSPS) is 22.9. The van der Waals surface area contributed by atoms with Crippen LogP contribution in [0.1, 0.15) is 19.4 Å². The number of hydrogen-bond donors (Lipinski definition) is 0. The molecule has 1 fully saturated rings. The van der Waals surface area contributed by atoms with E-state index >= 15 is 0 Å². The smallest absolute Gasteiger partial charge is 0.311 e. The van der Waals surface area contributed by atoms with Gasteiger partial charge in [-0.15, -0.1) is 0 Å². The van der Waals surface area contributed by atoms with Crippen molar-refractivity contribution < 1.29 is 9.53 Å². The van der Waals surface area contributed by atoms with Crippen molar-refractivity contribution in [3.05, 3.63) is 52.5 Å². The molecule has 1 aromatic rings. The predicted molar refractivity (Wildman–Crippen MR) is 91.5 cm³/mol. The first kappa shape index (κ1) is 17.6. The van der Waals surface area contributed by atoms with Gasteiger partial charge in [0.2, 0.25) is 6.10 Å². The van der Waals surface area contributed by atoms with E-state index in [0.717, 1.165) is 5.56 Å². The fourth-order valence-electron chi connectivity index (χ4n) is 2.64. The molecule has 0 N–H and O–H groups in total. The molecular formula is C18H17Cl2NO2. The zero-order chi connectivity index (χ0) is 17.0. The Bertz CT molecular complexity index is 670. The molecule has 0 radical (unpaired) electrons. The van der Waals surface area contributed by atoms with Gasteiger partial charge in [-0.2, -0.15) is 5.26 Å². The van der Waals surface area contributed by atoms with Crippen LogP contribution in [-0.4, -0.2) is 12.1 Å². The number of allylic oxidation sites excluding steroid dienone is 1. The first-order chi connectivity index (χ1) is 10.9. The Morgan fingerprint density at radius 1 is 1.35 bits per heavy atom. The van der Waals surface area contributed by atoms with E-state index in [1.807, 2.05) is 50.2 Å². The molecule has 0 aliphatic heterocycles. The standard InChI is InChI=1S/C18H17Cl2NO2/c1-18(2)14(10-15(19)20)16(18)17(22)23-13(11-21)9-8-12-6-4-3-5-7-12/h3-10,13-14,16H,1-2H3/b9-8+. The third-order valence-corrected chi connectivity index (χ3v) is 4.36.